The predicted octanol–water partition coefficient (Wildman–Crippen LogP) is 7.22. The molecule has 2 aromatic carbocycles. The number of nitrogens with zero attached hydrogens (tertiary/aromatic N) is 3. The minimum absolute atomic E-state index is 0.0131. The lowest BCUT2D eigenvalue weighted by atomic mass is 9.81. The Balaban J connectivity index is 1.83. The Bertz CT molecular complexity index is 1420. The fourth-order valence-electron chi connectivity index (χ4n) is 4.66. The summed E-state index contributed by atoms with van der Waals surface area (Å²) in [5.74, 6) is -0.676. The van der Waals surface area contributed by atoms with E-state index in [4.69, 9.17) is 16.3 Å². The Labute approximate surface area is 237 Å². The summed E-state index contributed by atoms with van der Waals surface area (Å²) in [7, 11) is 1.33. The van der Waals surface area contributed by atoms with Crippen LogP contribution in [0.25, 0.3) is 11.1 Å². The highest BCUT2D eigenvalue weighted by molar-refractivity contribution is 6.33. The summed E-state index contributed by atoms with van der Waals surface area (Å²) in [6, 6.07) is 9.23. The summed E-state index contributed by atoms with van der Waals surface area (Å²) in [5, 5.41) is 13.8. The van der Waals surface area contributed by atoms with Crippen molar-refractivity contribution in [2.24, 2.45) is 0 Å². The van der Waals surface area contributed by atoms with Crippen LogP contribution in [0.5, 0.6) is 0 Å². The van der Waals surface area contributed by atoms with Crippen LogP contribution in [0.3, 0.4) is 0 Å². The minimum atomic E-state index is -5.07. The first-order valence-corrected chi connectivity index (χ1v) is 12.8. The number of halogens is 7. The number of alkyl halides is 6. The molecule has 4 rings (SSSR count). The van der Waals surface area contributed by atoms with E-state index < -0.39 is 45.0 Å². The Morgan fingerprint density at radius 1 is 0.927 bits per heavy atom. The largest absolute Gasteiger partial charge is 0.626 e. The standard InChI is InChI=1S/C28H26ClF6N3O3/c1-26(2,17-12-18(27(30,31)32)14-19(13-17)28(33,34)35)25(39)37(3)23-16-36-24(38(40)8-10-41-11-9-38)15-21(23)20-6-4-5-7-22(20)29/h4-7,12-16H,8-11H2,1-3H3. The van der Waals surface area contributed by atoms with Crippen LogP contribution in [0.15, 0.2) is 54.7 Å². The number of likely N-dealkylation sites (N-methyl/N-ethyl adjacent to an activating group) is 1. The lowest BCUT2D eigenvalue weighted by Gasteiger charge is -2.43. The molecule has 0 atom stereocenters. The molecule has 0 unspecified atom stereocenters. The lowest BCUT2D eigenvalue weighted by Crippen LogP contribution is -2.52. The van der Waals surface area contributed by atoms with Crippen molar-refractivity contribution in [1.82, 2.24) is 9.63 Å². The maximum atomic E-state index is 13.8. The number of hydroxylamine groups is 2. The van der Waals surface area contributed by atoms with E-state index in [1.54, 1.807) is 24.3 Å². The maximum Gasteiger partial charge on any atom is 0.416 e. The molecule has 0 spiro atoms. The van der Waals surface area contributed by atoms with E-state index in [-0.39, 0.29) is 48.9 Å². The number of benzene rings is 2. The third kappa shape index (κ3) is 6.20. The number of morpholine rings is 1. The van der Waals surface area contributed by atoms with Gasteiger partial charge < -0.3 is 19.5 Å². The first kappa shape index (κ1) is 30.8. The summed E-state index contributed by atoms with van der Waals surface area (Å²) < 4.78 is 85.7. The van der Waals surface area contributed by atoms with Gasteiger partial charge in [0.05, 0.1) is 41.6 Å². The van der Waals surface area contributed by atoms with Gasteiger partial charge in [-0.15, -0.1) is 0 Å². The number of carbonyl (C=O) groups is 1. The first-order valence-electron chi connectivity index (χ1n) is 12.4. The summed E-state index contributed by atoms with van der Waals surface area (Å²) in [5.41, 5.74) is -4.42. The van der Waals surface area contributed by atoms with Gasteiger partial charge in [0.25, 0.3) is 0 Å². The minimum Gasteiger partial charge on any atom is -0.626 e. The highest BCUT2D eigenvalue weighted by Crippen LogP contribution is 2.42. The van der Waals surface area contributed by atoms with Crippen molar-refractivity contribution in [3.05, 3.63) is 81.6 Å². The number of hydrogen-bond donors (Lipinski definition) is 0. The zero-order valence-corrected chi connectivity index (χ0v) is 23.0. The van der Waals surface area contributed by atoms with Crippen LogP contribution >= 0.6 is 11.6 Å². The number of quaternary nitrogens is 1. The zero-order valence-electron chi connectivity index (χ0n) is 22.2. The van der Waals surface area contributed by atoms with Gasteiger partial charge in [0.2, 0.25) is 11.7 Å². The van der Waals surface area contributed by atoms with Crippen LogP contribution in [0.4, 0.5) is 37.8 Å². The number of rotatable bonds is 5. The van der Waals surface area contributed by atoms with Gasteiger partial charge in [-0.1, -0.05) is 29.8 Å². The third-order valence-electron chi connectivity index (χ3n) is 7.15. The van der Waals surface area contributed by atoms with Crippen molar-refractivity contribution in [3.63, 3.8) is 0 Å². The topological polar surface area (TPSA) is 65.5 Å². The molecule has 13 heteroatoms. The molecule has 0 radical (unpaired) electrons. The van der Waals surface area contributed by atoms with Crippen LogP contribution < -0.4 is 9.55 Å². The first-order chi connectivity index (χ1) is 18.9. The van der Waals surface area contributed by atoms with Gasteiger partial charge in [0, 0.05) is 29.3 Å². The summed E-state index contributed by atoms with van der Waals surface area (Å²) in [6.45, 7) is 3.13. The van der Waals surface area contributed by atoms with Gasteiger partial charge in [0.15, 0.2) is 0 Å². The molecule has 0 N–H and O–H groups in total. The molecule has 2 heterocycles. The summed E-state index contributed by atoms with van der Waals surface area (Å²) in [4.78, 5) is 19.2. The molecule has 1 fully saturated rings. The monoisotopic (exact) mass is 601 g/mol. The Morgan fingerprint density at radius 2 is 1.46 bits per heavy atom. The fraction of sp³-hybridized carbons (Fsp3) is 0.357. The molecular weight excluding hydrogens is 576 g/mol. The zero-order chi connectivity index (χ0) is 30.4. The van der Waals surface area contributed by atoms with Gasteiger partial charge in [-0.3, -0.25) is 4.79 Å². The van der Waals surface area contributed by atoms with Crippen LogP contribution in [0, 0.1) is 5.21 Å². The van der Waals surface area contributed by atoms with Crippen molar-refractivity contribution < 1.29 is 35.9 Å². The molecule has 220 valence electrons. The van der Waals surface area contributed by atoms with E-state index in [9.17, 15) is 36.3 Å². The number of aromatic nitrogens is 1. The van der Waals surface area contributed by atoms with E-state index in [0.29, 0.717) is 23.3 Å². The van der Waals surface area contributed by atoms with Crippen LogP contribution in [0.1, 0.15) is 30.5 Å². The van der Waals surface area contributed by atoms with Gasteiger partial charge in [0.1, 0.15) is 13.1 Å². The fourth-order valence-corrected chi connectivity index (χ4v) is 4.90. The molecule has 0 bridgehead atoms. The number of ether oxygens (including phenoxy) is 1. The van der Waals surface area contributed by atoms with E-state index in [0.717, 1.165) is 4.90 Å². The lowest BCUT2D eigenvalue weighted by molar-refractivity contribution is -0.143. The number of hydrogen-bond acceptors (Lipinski definition) is 4. The number of amides is 1. The average molecular weight is 602 g/mol. The summed E-state index contributed by atoms with van der Waals surface area (Å²) in [6.07, 6.45) is -8.87. The molecule has 1 amide bonds. The van der Waals surface area contributed by atoms with E-state index in [1.165, 1.54) is 33.2 Å². The van der Waals surface area contributed by atoms with Gasteiger partial charge >= 0.3 is 12.4 Å². The van der Waals surface area contributed by atoms with Gasteiger partial charge in [-0.25, -0.2) is 4.98 Å². The second-order valence-electron chi connectivity index (χ2n) is 10.3. The Kier molecular flexibility index (Phi) is 8.18. The van der Waals surface area contributed by atoms with Crippen LogP contribution in [0.2, 0.25) is 5.02 Å². The Morgan fingerprint density at radius 3 is 2.00 bits per heavy atom. The van der Waals surface area contributed by atoms with Crippen molar-refractivity contribution in [3.8, 4) is 11.1 Å². The van der Waals surface area contributed by atoms with Crippen LogP contribution in [-0.2, 0) is 27.3 Å². The molecule has 1 aliphatic rings. The molecule has 0 saturated carbocycles. The quantitative estimate of drug-likeness (QED) is 0.176. The van der Waals surface area contributed by atoms with E-state index in [1.807, 2.05) is 0 Å². The molecular formula is C28H26ClF6N3O3. The summed E-state index contributed by atoms with van der Waals surface area (Å²) >= 11 is 6.45. The van der Waals surface area contributed by atoms with Gasteiger partial charge in [-0.05, 0) is 43.7 Å². The van der Waals surface area contributed by atoms with Crippen molar-refractivity contribution in [2.45, 2.75) is 31.6 Å². The highest BCUT2D eigenvalue weighted by Gasteiger charge is 2.41. The molecule has 1 saturated heterocycles. The number of anilines is 1. The van der Waals surface area contributed by atoms with Crippen molar-refractivity contribution >= 4 is 29.0 Å². The number of pyridine rings is 1. The van der Waals surface area contributed by atoms with E-state index >= 15 is 0 Å². The molecule has 1 aliphatic heterocycles. The smallest absolute Gasteiger partial charge is 0.416 e. The van der Waals surface area contributed by atoms with Gasteiger partial charge in [-0.2, -0.15) is 26.3 Å². The highest BCUT2D eigenvalue weighted by atomic mass is 35.5. The molecule has 0 aliphatic carbocycles. The second kappa shape index (κ2) is 10.9. The maximum absolute atomic E-state index is 13.8. The molecule has 3 aromatic rings. The molecule has 1 aromatic heterocycles. The van der Waals surface area contributed by atoms with Crippen LogP contribution in [-0.4, -0.2) is 44.2 Å². The number of carbonyl (C=O) groups excluding carboxylic acids is 1. The molecule has 41 heavy (non-hydrogen) atoms. The van der Waals surface area contributed by atoms with Crippen molar-refractivity contribution in [1.29, 1.82) is 0 Å². The second-order valence-corrected chi connectivity index (χ2v) is 10.7. The predicted molar refractivity (Wildman–Crippen MR) is 143 cm³/mol. The van der Waals surface area contributed by atoms with Crippen molar-refractivity contribution in [2.75, 3.05) is 38.3 Å². The third-order valence-corrected chi connectivity index (χ3v) is 7.48. The Hall–Kier alpha value is -3.19. The van der Waals surface area contributed by atoms with E-state index in [2.05, 4.69) is 4.98 Å². The molecule has 6 nitrogen and oxygen atoms in total. The normalized spacial score (nSPS) is 16.0. The SMILES string of the molecule is CN(C(=O)C(C)(C)c1cc(C(F)(F)F)cc(C(F)(F)F)c1)c1cnc([N+]2([O-])CCOCC2)cc1-c1ccccc1Cl. The average Bonchev–Trinajstić information content (AvgIpc) is 2.91.